The number of halogens is 2. The molecule has 6 heteroatoms. The number of ether oxygens (including phenoxy) is 2. The van der Waals surface area contributed by atoms with Crippen LogP contribution in [0.5, 0.6) is 11.5 Å². The normalized spacial score (nSPS) is 10.1. The van der Waals surface area contributed by atoms with E-state index in [9.17, 15) is 18.7 Å². The lowest BCUT2D eigenvalue weighted by Crippen LogP contribution is -2.23. The number of rotatable bonds is 4. The Labute approximate surface area is 84.0 Å². The summed E-state index contributed by atoms with van der Waals surface area (Å²) in [4.78, 5) is 10.6. The van der Waals surface area contributed by atoms with Crippen LogP contribution in [0.25, 0.3) is 0 Å². The number of carboxylic acids is 1. The Bertz CT molecular complexity index is 365. The molecule has 4 nitrogen and oxygen atoms in total. The molecule has 0 atom stereocenters. The summed E-state index contributed by atoms with van der Waals surface area (Å²) in [5.74, 6) is -2.23. The second-order valence-electron chi connectivity index (χ2n) is 2.50. The SMILES string of the molecule is COc1cccc(C(=O)[O-])c1OC(F)F. The molecule has 0 unspecified atom stereocenters. The van der Waals surface area contributed by atoms with Crippen molar-refractivity contribution in [3.63, 3.8) is 0 Å². The van der Waals surface area contributed by atoms with Gasteiger partial charge in [0.25, 0.3) is 0 Å². The third kappa shape index (κ3) is 2.55. The van der Waals surface area contributed by atoms with Gasteiger partial charge in [-0.2, -0.15) is 8.78 Å². The summed E-state index contributed by atoms with van der Waals surface area (Å²) in [5, 5.41) is 10.6. The largest absolute Gasteiger partial charge is 0.545 e. The van der Waals surface area contributed by atoms with E-state index in [0.717, 1.165) is 6.07 Å². The number of hydrogen-bond donors (Lipinski definition) is 0. The molecule has 0 heterocycles. The Morgan fingerprint density at radius 1 is 1.47 bits per heavy atom. The topological polar surface area (TPSA) is 58.6 Å². The predicted octanol–water partition coefficient (Wildman–Crippen LogP) is 0.660. The standard InChI is InChI=1S/C9H8F2O4/c1-14-6-4-2-3-5(8(12)13)7(6)15-9(10)11/h2-4,9H,1H3,(H,12,13)/p-1. The third-order valence-corrected chi connectivity index (χ3v) is 1.63. The summed E-state index contributed by atoms with van der Waals surface area (Å²) in [5.41, 5.74) is -0.477. The van der Waals surface area contributed by atoms with Gasteiger partial charge in [-0.3, -0.25) is 0 Å². The molecule has 0 amide bonds. The van der Waals surface area contributed by atoms with Crippen molar-refractivity contribution in [3.05, 3.63) is 23.8 Å². The number of alkyl halides is 2. The molecule has 0 aliphatic heterocycles. The van der Waals surface area contributed by atoms with Gasteiger partial charge < -0.3 is 19.4 Å². The first-order valence-electron chi connectivity index (χ1n) is 3.89. The van der Waals surface area contributed by atoms with Gasteiger partial charge in [-0.05, 0) is 12.1 Å². The van der Waals surface area contributed by atoms with Crippen LogP contribution in [0.3, 0.4) is 0 Å². The lowest BCUT2D eigenvalue weighted by Gasteiger charge is -2.14. The van der Waals surface area contributed by atoms with E-state index in [-0.39, 0.29) is 5.75 Å². The summed E-state index contributed by atoms with van der Waals surface area (Å²) in [7, 11) is 1.22. The molecule has 1 aromatic carbocycles. The Kier molecular flexibility index (Phi) is 3.43. The van der Waals surface area contributed by atoms with Crippen molar-refractivity contribution in [3.8, 4) is 11.5 Å². The first kappa shape index (κ1) is 11.2. The lowest BCUT2D eigenvalue weighted by atomic mass is 10.2. The van der Waals surface area contributed by atoms with Gasteiger partial charge in [0.1, 0.15) is 0 Å². The van der Waals surface area contributed by atoms with E-state index in [1.807, 2.05) is 0 Å². The summed E-state index contributed by atoms with van der Waals surface area (Å²) < 4.78 is 32.7. The van der Waals surface area contributed by atoms with Crippen LogP contribution in [0, 0.1) is 0 Å². The highest BCUT2D eigenvalue weighted by molar-refractivity contribution is 5.90. The fraction of sp³-hybridized carbons (Fsp3) is 0.222. The van der Waals surface area contributed by atoms with Gasteiger partial charge in [-0.1, -0.05) is 6.07 Å². The summed E-state index contributed by atoms with van der Waals surface area (Å²) in [6, 6.07) is 3.74. The highest BCUT2D eigenvalue weighted by atomic mass is 19.3. The van der Waals surface area contributed by atoms with E-state index in [1.165, 1.54) is 19.2 Å². The minimum Gasteiger partial charge on any atom is -0.545 e. The van der Waals surface area contributed by atoms with E-state index in [0.29, 0.717) is 0 Å². The van der Waals surface area contributed by atoms with E-state index >= 15 is 0 Å². The minimum atomic E-state index is -3.13. The molecule has 0 bridgehead atoms. The highest BCUT2D eigenvalue weighted by Gasteiger charge is 2.15. The Morgan fingerprint density at radius 2 is 2.13 bits per heavy atom. The summed E-state index contributed by atoms with van der Waals surface area (Å²) >= 11 is 0. The second-order valence-corrected chi connectivity index (χ2v) is 2.50. The summed E-state index contributed by atoms with van der Waals surface area (Å²) in [6.07, 6.45) is 0. The number of hydrogen-bond acceptors (Lipinski definition) is 4. The van der Waals surface area contributed by atoms with Crippen molar-refractivity contribution in [2.75, 3.05) is 7.11 Å². The molecule has 0 aliphatic rings. The van der Waals surface area contributed by atoms with E-state index in [1.54, 1.807) is 0 Å². The van der Waals surface area contributed by atoms with Gasteiger partial charge in [0, 0.05) is 5.56 Å². The van der Waals surface area contributed by atoms with Crippen LogP contribution in [-0.2, 0) is 0 Å². The number of carbonyl (C=O) groups is 1. The lowest BCUT2D eigenvalue weighted by molar-refractivity contribution is -0.255. The maximum absolute atomic E-state index is 12.0. The quantitative estimate of drug-likeness (QED) is 0.743. The van der Waals surface area contributed by atoms with Gasteiger partial charge >= 0.3 is 6.61 Å². The molecule has 82 valence electrons. The molecule has 0 aromatic heterocycles. The monoisotopic (exact) mass is 217 g/mol. The van der Waals surface area contributed by atoms with Gasteiger partial charge in [0.15, 0.2) is 11.5 Å². The van der Waals surface area contributed by atoms with Crippen molar-refractivity contribution in [1.82, 2.24) is 0 Å². The number of aromatic carboxylic acids is 1. The second kappa shape index (κ2) is 4.59. The average Bonchev–Trinajstić information content (AvgIpc) is 2.16. The van der Waals surface area contributed by atoms with Crippen molar-refractivity contribution in [2.24, 2.45) is 0 Å². The molecule has 0 fully saturated rings. The molecule has 1 rings (SSSR count). The zero-order chi connectivity index (χ0) is 11.4. The Morgan fingerprint density at radius 3 is 2.60 bits per heavy atom. The fourth-order valence-electron chi connectivity index (χ4n) is 1.05. The molecule has 0 spiro atoms. The molecule has 0 radical (unpaired) electrons. The molecular formula is C9H7F2O4-. The molecular weight excluding hydrogens is 210 g/mol. The van der Waals surface area contributed by atoms with E-state index in [4.69, 9.17) is 0 Å². The van der Waals surface area contributed by atoms with E-state index < -0.39 is 23.9 Å². The van der Waals surface area contributed by atoms with Crippen molar-refractivity contribution in [1.29, 1.82) is 0 Å². The molecule has 0 aliphatic carbocycles. The average molecular weight is 217 g/mol. The van der Waals surface area contributed by atoms with E-state index in [2.05, 4.69) is 9.47 Å². The zero-order valence-corrected chi connectivity index (χ0v) is 7.70. The number of benzene rings is 1. The molecule has 1 aromatic rings. The van der Waals surface area contributed by atoms with Crippen LogP contribution in [0.1, 0.15) is 10.4 Å². The summed E-state index contributed by atoms with van der Waals surface area (Å²) in [6.45, 7) is -3.13. The minimum absolute atomic E-state index is 0.0861. The van der Waals surface area contributed by atoms with Crippen LogP contribution in [0.15, 0.2) is 18.2 Å². The molecule has 0 saturated carbocycles. The Balaban J connectivity index is 3.20. The van der Waals surface area contributed by atoms with Gasteiger partial charge in [-0.25, -0.2) is 0 Å². The first-order valence-corrected chi connectivity index (χ1v) is 3.89. The maximum atomic E-state index is 12.0. The van der Waals surface area contributed by atoms with Crippen molar-refractivity contribution >= 4 is 5.97 Å². The van der Waals surface area contributed by atoms with Crippen molar-refractivity contribution < 1.29 is 28.2 Å². The number of carbonyl (C=O) groups excluding carboxylic acids is 1. The number of para-hydroxylation sites is 1. The van der Waals surface area contributed by atoms with Gasteiger partial charge in [0.05, 0.1) is 13.1 Å². The zero-order valence-electron chi connectivity index (χ0n) is 7.70. The highest BCUT2D eigenvalue weighted by Crippen LogP contribution is 2.31. The molecule has 0 saturated heterocycles. The van der Waals surface area contributed by atoms with Crippen LogP contribution < -0.4 is 14.6 Å². The van der Waals surface area contributed by atoms with Crippen LogP contribution >= 0.6 is 0 Å². The van der Waals surface area contributed by atoms with Crippen molar-refractivity contribution in [2.45, 2.75) is 6.61 Å². The first-order chi connectivity index (χ1) is 7.06. The smallest absolute Gasteiger partial charge is 0.387 e. The van der Waals surface area contributed by atoms with Crippen LogP contribution in [-0.4, -0.2) is 19.7 Å². The fourth-order valence-corrected chi connectivity index (χ4v) is 1.05. The van der Waals surface area contributed by atoms with Gasteiger partial charge in [-0.15, -0.1) is 0 Å². The maximum Gasteiger partial charge on any atom is 0.387 e. The third-order valence-electron chi connectivity index (χ3n) is 1.63. The van der Waals surface area contributed by atoms with Crippen LogP contribution in [0.2, 0.25) is 0 Å². The van der Waals surface area contributed by atoms with Gasteiger partial charge in [0.2, 0.25) is 0 Å². The Hall–Kier alpha value is -1.85. The number of carboxylic acid groups (broad SMARTS) is 1. The molecule has 0 N–H and O–H groups in total. The van der Waals surface area contributed by atoms with Crippen LogP contribution in [0.4, 0.5) is 8.78 Å². The molecule has 15 heavy (non-hydrogen) atoms. The number of methoxy groups -OCH3 is 1. The predicted molar refractivity (Wildman–Crippen MR) is 44.0 cm³/mol.